The minimum Gasteiger partial charge on any atom is -0.328 e. The number of rotatable bonds is 0. The van der Waals surface area contributed by atoms with Crippen LogP contribution in [0.1, 0.15) is 31.9 Å². The molecule has 0 unspecified atom stereocenters. The van der Waals surface area contributed by atoms with E-state index in [9.17, 15) is 0 Å². The highest BCUT2D eigenvalue weighted by Crippen LogP contribution is 2.21. The van der Waals surface area contributed by atoms with Crippen molar-refractivity contribution in [2.75, 3.05) is 0 Å². The third-order valence-electron chi connectivity index (χ3n) is 1.92. The molecular formula is C11H22O6P2. The van der Waals surface area contributed by atoms with Crippen molar-refractivity contribution in [3.8, 4) is 0 Å². The Morgan fingerprint density at radius 1 is 0.737 bits per heavy atom. The Morgan fingerprint density at radius 2 is 1.00 bits per heavy atom. The predicted molar refractivity (Wildman–Crippen MR) is 77.0 cm³/mol. The molecule has 0 heterocycles. The molecule has 112 valence electrons. The van der Waals surface area contributed by atoms with Gasteiger partial charge in [-0.15, -0.1) is 0 Å². The van der Waals surface area contributed by atoms with Crippen LogP contribution in [0.25, 0.3) is 0 Å². The Labute approximate surface area is 116 Å². The monoisotopic (exact) mass is 312 g/mol. The summed E-state index contributed by atoms with van der Waals surface area (Å²) in [7, 11) is -5.24. The maximum Gasteiger partial charge on any atom is 0.324 e. The van der Waals surface area contributed by atoms with Crippen LogP contribution in [0.4, 0.5) is 0 Å². The first-order valence-corrected chi connectivity index (χ1v) is 7.67. The molecule has 19 heavy (non-hydrogen) atoms. The van der Waals surface area contributed by atoms with E-state index >= 15 is 0 Å². The minimum atomic E-state index is -2.62. The molecule has 0 aliphatic heterocycles. The van der Waals surface area contributed by atoms with Crippen molar-refractivity contribution in [1.29, 1.82) is 0 Å². The van der Waals surface area contributed by atoms with E-state index in [1.807, 2.05) is 0 Å². The first kappa shape index (κ1) is 21.1. The van der Waals surface area contributed by atoms with E-state index in [1.54, 1.807) is 0 Å². The molecule has 6 nitrogen and oxygen atoms in total. The molecule has 0 fully saturated rings. The zero-order valence-electron chi connectivity index (χ0n) is 11.4. The maximum absolute atomic E-state index is 7.23. The van der Waals surface area contributed by atoms with Crippen LogP contribution in [-0.2, 0) is 5.41 Å². The molecule has 0 aromatic heterocycles. The van der Waals surface area contributed by atoms with E-state index in [4.69, 9.17) is 29.4 Å². The van der Waals surface area contributed by atoms with Crippen molar-refractivity contribution >= 4 is 17.2 Å². The number of hydrogen-bond donors (Lipinski definition) is 6. The highest BCUT2D eigenvalue weighted by Gasteiger charge is 2.11. The van der Waals surface area contributed by atoms with Crippen LogP contribution in [0.5, 0.6) is 0 Å². The lowest BCUT2D eigenvalue weighted by Crippen LogP contribution is -2.10. The van der Waals surface area contributed by atoms with Gasteiger partial charge in [0.25, 0.3) is 0 Å². The Bertz CT molecular complexity index is 309. The number of aryl methyl sites for hydroxylation is 1. The van der Waals surface area contributed by atoms with E-state index in [0.717, 1.165) is 0 Å². The Hall–Kier alpha value is -0.160. The molecule has 0 atom stereocenters. The van der Waals surface area contributed by atoms with E-state index in [0.29, 0.717) is 0 Å². The molecular weight excluding hydrogens is 290 g/mol. The first-order valence-electron chi connectivity index (χ1n) is 5.27. The average Bonchev–Trinajstić information content (AvgIpc) is 2.14. The van der Waals surface area contributed by atoms with Gasteiger partial charge in [0.15, 0.2) is 0 Å². The van der Waals surface area contributed by atoms with Crippen LogP contribution in [0.3, 0.4) is 0 Å². The van der Waals surface area contributed by atoms with E-state index in [1.165, 1.54) is 11.1 Å². The molecule has 0 saturated heterocycles. The summed E-state index contributed by atoms with van der Waals surface area (Å²) in [5.41, 5.74) is 3.02. The fourth-order valence-corrected chi connectivity index (χ4v) is 1.05. The van der Waals surface area contributed by atoms with Crippen LogP contribution in [0.2, 0.25) is 0 Å². The van der Waals surface area contributed by atoms with Gasteiger partial charge in [-0.1, -0.05) is 50.6 Å². The molecule has 1 aromatic carbocycles. The fraction of sp³-hybridized carbons (Fsp3) is 0.455. The van der Waals surface area contributed by atoms with Gasteiger partial charge in [-0.25, -0.2) is 0 Å². The molecule has 0 aliphatic rings. The normalized spacial score (nSPS) is 10.5. The summed E-state index contributed by atoms with van der Waals surface area (Å²) in [6, 6.07) is 8.74. The quantitative estimate of drug-likeness (QED) is 0.405. The van der Waals surface area contributed by atoms with Crippen LogP contribution in [0, 0.1) is 6.92 Å². The zero-order valence-corrected chi connectivity index (χ0v) is 13.2. The number of hydrogen-bond acceptors (Lipinski definition) is 6. The van der Waals surface area contributed by atoms with Crippen LogP contribution >= 0.6 is 17.2 Å². The highest BCUT2D eigenvalue weighted by molar-refractivity contribution is 7.38. The topological polar surface area (TPSA) is 121 Å². The van der Waals surface area contributed by atoms with Crippen LogP contribution < -0.4 is 0 Å². The van der Waals surface area contributed by atoms with Gasteiger partial charge in [-0.05, 0) is 17.9 Å². The largest absolute Gasteiger partial charge is 0.328 e. The summed E-state index contributed by atoms with van der Waals surface area (Å²) < 4.78 is 0. The van der Waals surface area contributed by atoms with Gasteiger partial charge < -0.3 is 29.4 Å². The Kier molecular flexibility index (Phi) is 11.8. The van der Waals surface area contributed by atoms with Gasteiger partial charge in [-0.2, -0.15) is 0 Å². The third-order valence-corrected chi connectivity index (χ3v) is 1.92. The summed E-state index contributed by atoms with van der Waals surface area (Å²) in [4.78, 5) is 43.4. The minimum absolute atomic E-state index is 0.285. The van der Waals surface area contributed by atoms with Crippen molar-refractivity contribution in [2.45, 2.75) is 33.1 Å². The molecule has 0 saturated carbocycles. The zero-order chi connectivity index (χ0) is 15.6. The summed E-state index contributed by atoms with van der Waals surface area (Å²) in [5.74, 6) is 0. The van der Waals surface area contributed by atoms with E-state index in [2.05, 4.69) is 52.0 Å². The standard InChI is InChI=1S/C11H16.2H3O3P/c1-9-5-7-10(8-6-9)11(2,3)4;2*1-4(2)3/h5-8H,1-4H3;2*1-3H. The molecule has 6 N–H and O–H groups in total. The van der Waals surface area contributed by atoms with Crippen molar-refractivity contribution < 1.29 is 29.4 Å². The van der Waals surface area contributed by atoms with Crippen molar-refractivity contribution in [2.24, 2.45) is 0 Å². The summed E-state index contributed by atoms with van der Waals surface area (Å²) >= 11 is 0. The second kappa shape index (κ2) is 10.6. The van der Waals surface area contributed by atoms with Crippen LogP contribution in [-0.4, -0.2) is 29.4 Å². The Balaban J connectivity index is 0. The lowest BCUT2D eigenvalue weighted by atomic mass is 9.87. The molecule has 1 rings (SSSR count). The van der Waals surface area contributed by atoms with Gasteiger partial charge in [0.05, 0.1) is 0 Å². The number of benzene rings is 1. The van der Waals surface area contributed by atoms with Gasteiger partial charge in [0, 0.05) is 0 Å². The molecule has 0 amide bonds. The second-order valence-corrected chi connectivity index (χ2v) is 5.73. The predicted octanol–water partition coefficient (Wildman–Crippen LogP) is 1.67. The molecule has 8 heteroatoms. The second-order valence-electron chi connectivity index (χ2n) is 4.65. The molecule has 0 spiro atoms. The molecule has 1 aromatic rings. The van der Waals surface area contributed by atoms with Crippen molar-refractivity contribution in [3.63, 3.8) is 0 Å². The first-order chi connectivity index (χ1) is 8.46. The van der Waals surface area contributed by atoms with Crippen molar-refractivity contribution in [3.05, 3.63) is 35.4 Å². The lowest BCUT2D eigenvalue weighted by Gasteiger charge is -2.18. The fourth-order valence-electron chi connectivity index (χ4n) is 1.05. The summed E-state index contributed by atoms with van der Waals surface area (Å²) in [6.07, 6.45) is 0. The maximum atomic E-state index is 7.23. The van der Waals surface area contributed by atoms with E-state index < -0.39 is 17.2 Å². The van der Waals surface area contributed by atoms with Crippen LogP contribution in [0.15, 0.2) is 24.3 Å². The SMILES string of the molecule is Cc1ccc(C(C)(C)C)cc1.OP(O)O.OP(O)O. The van der Waals surface area contributed by atoms with Gasteiger partial charge in [-0.3, -0.25) is 0 Å². The average molecular weight is 312 g/mol. The third kappa shape index (κ3) is 17.8. The van der Waals surface area contributed by atoms with Gasteiger partial charge in [0.1, 0.15) is 0 Å². The molecule has 0 bridgehead atoms. The Morgan fingerprint density at radius 3 is 1.21 bits per heavy atom. The lowest BCUT2D eigenvalue weighted by molar-refractivity contribution is 0.366. The van der Waals surface area contributed by atoms with Gasteiger partial charge >= 0.3 is 17.2 Å². The van der Waals surface area contributed by atoms with Crippen molar-refractivity contribution in [1.82, 2.24) is 0 Å². The molecule has 0 radical (unpaired) electrons. The van der Waals surface area contributed by atoms with E-state index in [-0.39, 0.29) is 5.41 Å². The molecule has 0 aliphatic carbocycles. The van der Waals surface area contributed by atoms with Gasteiger partial charge in [0.2, 0.25) is 0 Å². The summed E-state index contributed by atoms with van der Waals surface area (Å²) in [6.45, 7) is 8.82. The summed E-state index contributed by atoms with van der Waals surface area (Å²) in [5, 5.41) is 0. The highest BCUT2D eigenvalue weighted by atomic mass is 31.2. The smallest absolute Gasteiger partial charge is 0.324 e.